The third-order valence-corrected chi connectivity index (χ3v) is 3.24. The number of nitrogens with one attached hydrogen (secondary N) is 1. The summed E-state index contributed by atoms with van der Waals surface area (Å²) in [5.41, 5.74) is 2.88. The second-order valence-electron chi connectivity index (χ2n) is 4.93. The molecule has 100 valence electrons. The second-order valence-corrected chi connectivity index (χ2v) is 4.93. The van der Waals surface area contributed by atoms with E-state index in [0.717, 1.165) is 27.6 Å². The number of halogens is 1. The van der Waals surface area contributed by atoms with Crippen molar-refractivity contribution in [2.24, 2.45) is 0 Å². The van der Waals surface area contributed by atoms with E-state index in [4.69, 9.17) is 0 Å². The Kier molecular flexibility index (Phi) is 3.33. The van der Waals surface area contributed by atoms with Crippen molar-refractivity contribution in [2.75, 3.05) is 5.32 Å². The minimum atomic E-state index is -0.211. The molecule has 0 bridgehead atoms. The smallest absolute Gasteiger partial charge is 0.125 e. The Labute approximate surface area is 117 Å². The molecule has 0 radical (unpaired) electrons. The van der Waals surface area contributed by atoms with Gasteiger partial charge in [0, 0.05) is 30.0 Å². The Morgan fingerprint density at radius 2 is 1.95 bits per heavy atom. The minimum Gasteiger partial charge on any atom is -0.381 e. The van der Waals surface area contributed by atoms with Gasteiger partial charge in [0.1, 0.15) is 5.82 Å². The van der Waals surface area contributed by atoms with E-state index in [1.807, 2.05) is 25.3 Å². The van der Waals surface area contributed by atoms with Crippen LogP contribution >= 0.6 is 0 Å². The van der Waals surface area contributed by atoms with Gasteiger partial charge in [-0.05, 0) is 53.8 Å². The first kappa shape index (κ1) is 12.6. The number of fused-ring (bicyclic) bond motifs is 1. The number of aromatic nitrogens is 1. The normalized spacial score (nSPS) is 10.7. The largest absolute Gasteiger partial charge is 0.381 e. The molecule has 0 saturated heterocycles. The van der Waals surface area contributed by atoms with Crippen molar-refractivity contribution in [3.8, 4) is 0 Å². The molecule has 1 heterocycles. The highest BCUT2D eigenvalue weighted by Gasteiger charge is 2.00. The summed E-state index contributed by atoms with van der Waals surface area (Å²) in [5, 5.41) is 5.54. The van der Waals surface area contributed by atoms with Crippen LogP contribution in [0.2, 0.25) is 0 Å². The van der Waals surface area contributed by atoms with Crippen molar-refractivity contribution >= 4 is 16.5 Å². The summed E-state index contributed by atoms with van der Waals surface area (Å²) in [6, 6.07) is 13.2. The lowest BCUT2D eigenvalue weighted by Gasteiger charge is -2.08. The van der Waals surface area contributed by atoms with E-state index in [2.05, 4.69) is 28.5 Å². The molecule has 3 heteroatoms. The van der Waals surface area contributed by atoms with Crippen LogP contribution in [0, 0.1) is 12.7 Å². The quantitative estimate of drug-likeness (QED) is 0.764. The fraction of sp³-hybridized carbons (Fsp3) is 0.118. The lowest BCUT2D eigenvalue weighted by Crippen LogP contribution is -2.00. The highest BCUT2D eigenvalue weighted by atomic mass is 19.1. The number of aryl methyl sites for hydroxylation is 1. The molecule has 2 nitrogen and oxygen atoms in total. The molecule has 0 fully saturated rings. The van der Waals surface area contributed by atoms with Gasteiger partial charge in [-0.2, -0.15) is 0 Å². The first-order valence-corrected chi connectivity index (χ1v) is 6.54. The van der Waals surface area contributed by atoms with Crippen molar-refractivity contribution in [1.29, 1.82) is 0 Å². The highest BCUT2D eigenvalue weighted by molar-refractivity contribution is 5.82. The van der Waals surface area contributed by atoms with Crippen molar-refractivity contribution in [2.45, 2.75) is 13.5 Å². The number of rotatable bonds is 3. The Bertz CT molecular complexity index is 733. The molecule has 3 rings (SSSR count). The van der Waals surface area contributed by atoms with Gasteiger partial charge in [0.15, 0.2) is 0 Å². The Balaban J connectivity index is 1.79. The monoisotopic (exact) mass is 266 g/mol. The molecular formula is C17H15FN2. The number of hydrogen-bond acceptors (Lipinski definition) is 2. The summed E-state index contributed by atoms with van der Waals surface area (Å²) in [4.78, 5) is 4.10. The summed E-state index contributed by atoms with van der Waals surface area (Å²) in [6.45, 7) is 2.55. The Hall–Kier alpha value is -2.42. The van der Waals surface area contributed by atoms with E-state index >= 15 is 0 Å². The van der Waals surface area contributed by atoms with Crippen molar-refractivity contribution in [3.05, 3.63) is 71.8 Å². The second kappa shape index (κ2) is 5.29. The molecule has 0 aliphatic heterocycles. The summed E-state index contributed by atoms with van der Waals surface area (Å²) < 4.78 is 13.3. The Morgan fingerprint density at radius 3 is 2.80 bits per heavy atom. The van der Waals surface area contributed by atoms with Crippen LogP contribution in [0.15, 0.2) is 54.9 Å². The number of hydrogen-bond donors (Lipinski definition) is 1. The zero-order chi connectivity index (χ0) is 13.9. The number of nitrogens with zero attached hydrogens (tertiary/aromatic N) is 1. The van der Waals surface area contributed by atoms with Crippen LogP contribution in [0.1, 0.15) is 11.1 Å². The van der Waals surface area contributed by atoms with E-state index in [0.29, 0.717) is 6.54 Å². The number of pyridine rings is 1. The fourth-order valence-electron chi connectivity index (χ4n) is 2.29. The Morgan fingerprint density at radius 1 is 1.05 bits per heavy atom. The van der Waals surface area contributed by atoms with Crippen LogP contribution in [-0.2, 0) is 6.54 Å². The van der Waals surface area contributed by atoms with Gasteiger partial charge in [0.2, 0.25) is 0 Å². The van der Waals surface area contributed by atoms with Crippen LogP contribution in [0.4, 0.5) is 10.1 Å². The van der Waals surface area contributed by atoms with Crippen molar-refractivity contribution < 1.29 is 4.39 Å². The average molecular weight is 266 g/mol. The maximum absolute atomic E-state index is 13.3. The van der Waals surface area contributed by atoms with Crippen LogP contribution in [-0.4, -0.2) is 4.98 Å². The topological polar surface area (TPSA) is 24.9 Å². The third-order valence-electron chi connectivity index (χ3n) is 3.24. The fourth-order valence-corrected chi connectivity index (χ4v) is 2.29. The molecule has 0 unspecified atom stereocenters. The summed E-state index contributed by atoms with van der Waals surface area (Å²) in [6.07, 6.45) is 3.64. The molecule has 1 aromatic heterocycles. The minimum absolute atomic E-state index is 0.211. The molecule has 2 aromatic carbocycles. The predicted octanol–water partition coefficient (Wildman–Crippen LogP) is 4.29. The van der Waals surface area contributed by atoms with E-state index in [1.165, 1.54) is 12.1 Å². The predicted molar refractivity (Wildman–Crippen MR) is 80.2 cm³/mol. The first-order chi connectivity index (χ1) is 9.70. The lowest BCUT2D eigenvalue weighted by atomic mass is 10.1. The van der Waals surface area contributed by atoms with Gasteiger partial charge in [0.05, 0.1) is 0 Å². The SMILES string of the molecule is Cc1cc(F)cc(NCc2ccc3cnccc3c2)c1. The molecule has 0 aliphatic rings. The van der Waals surface area contributed by atoms with Crippen LogP contribution in [0.3, 0.4) is 0 Å². The molecule has 1 N–H and O–H groups in total. The van der Waals surface area contributed by atoms with E-state index in [-0.39, 0.29) is 5.82 Å². The molecular weight excluding hydrogens is 251 g/mol. The summed E-state index contributed by atoms with van der Waals surface area (Å²) >= 11 is 0. The zero-order valence-corrected chi connectivity index (χ0v) is 11.2. The van der Waals surface area contributed by atoms with E-state index in [9.17, 15) is 4.39 Å². The van der Waals surface area contributed by atoms with Gasteiger partial charge >= 0.3 is 0 Å². The maximum Gasteiger partial charge on any atom is 0.125 e. The van der Waals surface area contributed by atoms with E-state index in [1.54, 1.807) is 6.20 Å². The molecule has 0 spiro atoms. The summed E-state index contributed by atoms with van der Waals surface area (Å²) in [7, 11) is 0. The van der Waals surface area contributed by atoms with Gasteiger partial charge in [-0.3, -0.25) is 4.98 Å². The zero-order valence-electron chi connectivity index (χ0n) is 11.2. The van der Waals surface area contributed by atoms with Crippen molar-refractivity contribution in [3.63, 3.8) is 0 Å². The van der Waals surface area contributed by atoms with Crippen molar-refractivity contribution in [1.82, 2.24) is 4.98 Å². The van der Waals surface area contributed by atoms with Crippen LogP contribution in [0.25, 0.3) is 10.8 Å². The maximum atomic E-state index is 13.3. The van der Waals surface area contributed by atoms with Gasteiger partial charge < -0.3 is 5.32 Å². The van der Waals surface area contributed by atoms with Gasteiger partial charge in [-0.25, -0.2) is 4.39 Å². The standard InChI is InChI=1S/C17H15FN2/c1-12-6-16(18)9-17(7-12)20-10-13-2-3-15-11-19-5-4-14(15)8-13/h2-9,11,20H,10H2,1H3. The molecule has 0 aliphatic carbocycles. The molecule has 3 aromatic rings. The first-order valence-electron chi connectivity index (χ1n) is 6.54. The molecule has 20 heavy (non-hydrogen) atoms. The van der Waals surface area contributed by atoms with Gasteiger partial charge in [0.25, 0.3) is 0 Å². The molecule has 0 amide bonds. The molecule has 0 atom stereocenters. The highest BCUT2D eigenvalue weighted by Crippen LogP contribution is 2.17. The van der Waals surface area contributed by atoms with Gasteiger partial charge in [-0.15, -0.1) is 0 Å². The van der Waals surface area contributed by atoms with Crippen LogP contribution < -0.4 is 5.32 Å². The third kappa shape index (κ3) is 2.77. The average Bonchev–Trinajstić information content (AvgIpc) is 2.44. The summed E-state index contributed by atoms with van der Waals surface area (Å²) in [5.74, 6) is -0.211. The number of anilines is 1. The van der Waals surface area contributed by atoms with Crippen LogP contribution in [0.5, 0.6) is 0 Å². The molecule has 0 saturated carbocycles. The lowest BCUT2D eigenvalue weighted by molar-refractivity contribution is 0.627. The number of benzene rings is 2. The van der Waals surface area contributed by atoms with Gasteiger partial charge in [-0.1, -0.05) is 12.1 Å². The van der Waals surface area contributed by atoms with E-state index < -0.39 is 0 Å².